The molecule has 1 nitrogen and oxygen atoms in total. The zero-order valence-corrected chi connectivity index (χ0v) is 13.0. The summed E-state index contributed by atoms with van der Waals surface area (Å²) in [5.74, 6) is 0.510. The molecule has 1 heteroatoms. The molecule has 0 heterocycles. The van der Waals surface area contributed by atoms with E-state index in [1.54, 1.807) is 0 Å². The Balaban J connectivity index is 1.99. The lowest BCUT2D eigenvalue weighted by atomic mass is 9.73. The van der Waals surface area contributed by atoms with Crippen LogP contribution in [0.25, 0.3) is 6.08 Å². The van der Waals surface area contributed by atoms with E-state index in [1.807, 2.05) is 42.5 Å². The Bertz CT molecular complexity index is 669. The zero-order valence-electron chi connectivity index (χ0n) is 13.0. The van der Waals surface area contributed by atoms with Gasteiger partial charge < -0.3 is 0 Å². The first-order valence-electron chi connectivity index (χ1n) is 8.17. The first-order chi connectivity index (χ1) is 10.8. The fraction of sp³-hybridized carbons (Fsp3) is 0.286. The van der Waals surface area contributed by atoms with Gasteiger partial charge in [-0.15, -0.1) is 0 Å². The molecule has 2 aromatic carbocycles. The van der Waals surface area contributed by atoms with Gasteiger partial charge in [0.05, 0.1) is 5.92 Å². The van der Waals surface area contributed by atoms with Crippen LogP contribution in [-0.4, -0.2) is 5.78 Å². The molecule has 0 radical (unpaired) electrons. The first kappa shape index (κ1) is 14.8. The minimum Gasteiger partial charge on any atom is -0.293 e. The summed E-state index contributed by atoms with van der Waals surface area (Å²) in [4.78, 5) is 13.1. The third kappa shape index (κ3) is 2.89. The predicted octanol–water partition coefficient (Wildman–Crippen LogP) is 5.49. The van der Waals surface area contributed by atoms with E-state index in [1.165, 1.54) is 11.1 Å². The molecule has 0 spiro atoms. The van der Waals surface area contributed by atoms with Gasteiger partial charge in [0.2, 0.25) is 0 Å². The molecule has 0 amide bonds. The minimum absolute atomic E-state index is 0.0462. The Morgan fingerprint density at radius 3 is 2.50 bits per heavy atom. The molecule has 1 aliphatic carbocycles. The number of hydrogen-bond acceptors (Lipinski definition) is 1. The lowest BCUT2D eigenvalue weighted by Crippen LogP contribution is -2.24. The van der Waals surface area contributed by atoms with Crippen LogP contribution in [0.1, 0.15) is 53.6 Å². The third-order valence-electron chi connectivity index (χ3n) is 4.51. The quantitative estimate of drug-likeness (QED) is 0.666. The summed E-state index contributed by atoms with van der Waals surface area (Å²) in [5.41, 5.74) is 3.18. The van der Waals surface area contributed by atoms with Crippen molar-refractivity contribution in [1.82, 2.24) is 0 Å². The van der Waals surface area contributed by atoms with Crippen molar-refractivity contribution in [3.05, 3.63) is 77.4 Å². The van der Waals surface area contributed by atoms with Crippen molar-refractivity contribution in [2.75, 3.05) is 0 Å². The lowest BCUT2D eigenvalue weighted by Gasteiger charge is -2.29. The van der Waals surface area contributed by atoms with Crippen molar-refractivity contribution in [1.29, 1.82) is 0 Å². The number of Topliss-reactive ketones (excluding diaryl/α,β-unsaturated/α-hetero) is 1. The molecule has 0 aliphatic heterocycles. The second-order valence-corrected chi connectivity index (χ2v) is 6.00. The number of benzene rings is 2. The van der Waals surface area contributed by atoms with E-state index in [0.29, 0.717) is 5.92 Å². The van der Waals surface area contributed by atoms with E-state index in [-0.39, 0.29) is 11.7 Å². The summed E-state index contributed by atoms with van der Waals surface area (Å²) in [5, 5.41) is 0. The molecular formula is C21H22O. The summed E-state index contributed by atoms with van der Waals surface area (Å²) < 4.78 is 0. The second-order valence-electron chi connectivity index (χ2n) is 6.00. The monoisotopic (exact) mass is 290 g/mol. The minimum atomic E-state index is -0.0462. The van der Waals surface area contributed by atoms with Crippen molar-refractivity contribution in [2.45, 2.75) is 32.1 Å². The van der Waals surface area contributed by atoms with Crippen LogP contribution < -0.4 is 0 Å². The van der Waals surface area contributed by atoms with Gasteiger partial charge in [0.15, 0.2) is 5.78 Å². The fourth-order valence-electron chi connectivity index (χ4n) is 3.34. The molecule has 2 atom stereocenters. The van der Waals surface area contributed by atoms with Gasteiger partial charge in [0, 0.05) is 5.56 Å². The van der Waals surface area contributed by atoms with Crippen molar-refractivity contribution < 1.29 is 4.79 Å². The Morgan fingerprint density at radius 1 is 1.00 bits per heavy atom. The first-order valence-corrected chi connectivity index (χ1v) is 8.17. The van der Waals surface area contributed by atoms with Gasteiger partial charge >= 0.3 is 0 Å². The predicted molar refractivity (Wildman–Crippen MR) is 92.0 cm³/mol. The number of ketones is 1. The molecule has 0 fully saturated rings. The number of allylic oxidation sites excluding steroid dienone is 1. The van der Waals surface area contributed by atoms with Crippen molar-refractivity contribution >= 4 is 11.9 Å². The molecule has 0 saturated carbocycles. The highest BCUT2D eigenvalue weighted by Gasteiger charge is 2.32. The fourth-order valence-corrected chi connectivity index (χ4v) is 3.34. The average Bonchev–Trinajstić information content (AvgIpc) is 2.59. The second kappa shape index (κ2) is 6.74. The largest absolute Gasteiger partial charge is 0.293 e. The summed E-state index contributed by atoms with van der Waals surface area (Å²) in [6.45, 7) is 2.20. The standard InChI is InChI=1S/C21H22O/c1-2-3-9-17-15-14-16-10-7-8-13-19(16)20(17)21(22)18-11-5-4-6-12-18/h4-8,10-15,17,20H,2-3,9H2,1H3/t17-,20+/m0/s1. The van der Waals surface area contributed by atoms with Gasteiger partial charge in [-0.3, -0.25) is 4.79 Å². The molecule has 0 bridgehead atoms. The normalized spacial score (nSPS) is 19.7. The van der Waals surface area contributed by atoms with Crippen molar-refractivity contribution in [3.63, 3.8) is 0 Å². The average molecular weight is 290 g/mol. The van der Waals surface area contributed by atoms with Crippen LogP contribution in [0.2, 0.25) is 0 Å². The van der Waals surface area contributed by atoms with Gasteiger partial charge in [-0.2, -0.15) is 0 Å². The number of carbonyl (C=O) groups excluding carboxylic acids is 1. The van der Waals surface area contributed by atoms with Crippen molar-refractivity contribution in [2.24, 2.45) is 5.92 Å². The lowest BCUT2D eigenvalue weighted by molar-refractivity contribution is 0.0936. The van der Waals surface area contributed by atoms with E-state index in [9.17, 15) is 4.79 Å². The molecule has 3 rings (SSSR count). The molecule has 0 unspecified atom stereocenters. The molecule has 112 valence electrons. The van der Waals surface area contributed by atoms with E-state index in [0.717, 1.165) is 24.8 Å². The molecule has 1 aliphatic rings. The number of hydrogen-bond donors (Lipinski definition) is 0. The SMILES string of the molecule is CCCC[C@H]1C=Cc2ccccc2[C@@H]1C(=O)c1ccccc1. The maximum atomic E-state index is 13.1. The Labute approximate surface area is 132 Å². The molecular weight excluding hydrogens is 268 g/mol. The Morgan fingerprint density at radius 2 is 1.73 bits per heavy atom. The van der Waals surface area contributed by atoms with Crippen LogP contribution in [-0.2, 0) is 0 Å². The summed E-state index contributed by atoms with van der Waals surface area (Å²) in [6, 6.07) is 18.0. The number of rotatable bonds is 5. The van der Waals surface area contributed by atoms with E-state index >= 15 is 0 Å². The maximum Gasteiger partial charge on any atom is 0.170 e. The van der Waals surface area contributed by atoms with Gasteiger partial charge in [-0.1, -0.05) is 86.5 Å². The highest BCUT2D eigenvalue weighted by Crippen LogP contribution is 2.38. The van der Waals surface area contributed by atoms with Crippen LogP contribution in [0, 0.1) is 5.92 Å². The van der Waals surface area contributed by atoms with E-state index in [4.69, 9.17) is 0 Å². The van der Waals surface area contributed by atoms with Gasteiger partial charge in [0.25, 0.3) is 0 Å². The summed E-state index contributed by atoms with van der Waals surface area (Å²) in [7, 11) is 0. The number of carbonyl (C=O) groups is 1. The number of unbranched alkanes of at least 4 members (excludes halogenated alkanes) is 1. The molecule has 22 heavy (non-hydrogen) atoms. The molecule has 2 aromatic rings. The van der Waals surface area contributed by atoms with Gasteiger partial charge in [-0.05, 0) is 23.5 Å². The molecule has 0 aromatic heterocycles. The van der Waals surface area contributed by atoms with Crippen LogP contribution >= 0.6 is 0 Å². The zero-order chi connectivity index (χ0) is 15.4. The maximum absolute atomic E-state index is 13.1. The van der Waals surface area contributed by atoms with E-state index in [2.05, 4.69) is 31.2 Å². The highest BCUT2D eigenvalue weighted by molar-refractivity contribution is 6.02. The number of fused-ring (bicyclic) bond motifs is 1. The topological polar surface area (TPSA) is 17.1 Å². The van der Waals surface area contributed by atoms with Gasteiger partial charge in [0.1, 0.15) is 0 Å². The summed E-state index contributed by atoms with van der Waals surface area (Å²) >= 11 is 0. The van der Waals surface area contributed by atoms with Crippen LogP contribution in [0.4, 0.5) is 0 Å². The summed E-state index contributed by atoms with van der Waals surface area (Å²) in [6.07, 6.45) is 7.83. The molecule has 0 saturated heterocycles. The van der Waals surface area contributed by atoms with Crippen molar-refractivity contribution in [3.8, 4) is 0 Å². The smallest absolute Gasteiger partial charge is 0.170 e. The highest BCUT2D eigenvalue weighted by atomic mass is 16.1. The van der Waals surface area contributed by atoms with E-state index < -0.39 is 0 Å². The van der Waals surface area contributed by atoms with Gasteiger partial charge in [-0.25, -0.2) is 0 Å². The Kier molecular flexibility index (Phi) is 4.53. The van der Waals surface area contributed by atoms with Crippen LogP contribution in [0.15, 0.2) is 60.7 Å². The molecule has 0 N–H and O–H groups in total. The van der Waals surface area contributed by atoms with Crippen LogP contribution in [0.3, 0.4) is 0 Å². The van der Waals surface area contributed by atoms with Crippen LogP contribution in [0.5, 0.6) is 0 Å². The Hall–Kier alpha value is -2.15. The third-order valence-corrected chi connectivity index (χ3v) is 4.51.